The Hall–Kier alpha value is -1.39. The van der Waals surface area contributed by atoms with Gasteiger partial charge in [0.05, 0.1) is 0 Å². The summed E-state index contributed by atoms with van der Waals surface area (Å²) in [5, 5.41) is 3.42. The molecule has 1 saturated heterocycles. The highest BCUT2D eigenvalue weighted by atomic mass is 35.5. The van der Waals surface area contributed by atoms with Crippen LogP contribution in [0.15, 0.2) is 29.6 Å². The highest BCUT2D eigenvalue weighted by Gasteiger charge is 2.25. The Morgan fingerprint density at radius 2 is 2.10 bits per heavy atom. The van der Waals surface area contributed by atoms with Crippen LogP contribution in [0.25, 0.3) is 10.6 Å². The Labute approximate surface area is 133 Å². The van der Waals surface area contributed by atoms with E-state index in [0.717, 1.165) is 30.0 Å². The first kappa shape index (κ1) is 14.5. The van der Waals surface area contributed by atoms with Crippen LogP contribution in [0, 0.1) is 0 Å². The number of rotatable bonds is 2. The van der Waals surface area contributed by atoms with E-state index in [4.69, 9.17) is 11.6 Å². The van der Waals surface area contributed by atoms with Crippen LogP contribution in [-0.4, -0.2) is 28.4 Å². The number of likely N-dealkylation sites (tertiary alicyclic amines) is 1. The lowest BCUT2D eigenvalue weighted by Crippen LogP contribution is -2.42. The molecule has 0 N–H and O–H groups in total. The number of nitrogens with zero attached hydrogens (tertiary/aromatic N) is 2. The van der Waals surface area contributed by atoms with Gasteiger partial charge in [0, 0.05) is 28.6 Å². The summed E-state index contributed by atoms with van der Waals surface area (Å²) in [5.74, 6) is 0.0543. The molecular formula is C16H17ClN2OS. The van der Waals surface area contributed by atoms with Crippen LogP contribution >= 0.6 is 22.9 Å². The summed E-state index contributed by atoms with van der Waals surface area (Å²) in [7, 11) is 0. The van der Waals surface area contributed by atoms with Gasteiger partial charge in [0.2, 0.25) is 0 Å². The van der Waals surface area contributed by atoms with Gasteiger partial charge in [0.15, 0.2) is 0 Å². The lowest BCUT2D eigenvalue weighted by atomic mass is 10.0. The van der Waals surface area contributed by atoms with Crippen LogP contribution in [0.2, 0.25) is 5.02 Å². The van der Waals surface area contributed by atoms with E-state index in [9.17, 15) is 4.79 Å². The van der Waals surface area contributed by atoms with E-state index in [-0.39, 0.29) is 5.91 Å². The Balaban J connectivity index is 1.81. The van der Waals surface area contributed by atoms with Crippen LogP contribution in [0.4, 0.5) is 0 Å². The van der Waals surface area contributed by atoms with Gasteiger partial charge in [-0.25, -0.2) is 4.98 Å². The second-order valence-electron chi connectivity index (χ2n) is 5.39. The number of hydrogen-bond acceptors (Lipinski definition) is 3. The van der Waals surface area contributed by atoms with Gasteiger partial charge in [0.1, 0.15) is 10.7 Å². The number of carbonyl (C=O) groups excluding carboxylic acids is 1. The Morgan fingerprint density at radius 1 is 1.33 bits per heavy atom. The number of piperidine rings is 1. The van der Waals surface area contributed by atoms with Gasteiger partial charge in [-0.15, -0.1) is 11.3 Å². The van der Waals surface area contributed by atoms with E-state index in [2.05, 4.69) is 11.9 Å². The zero-order valence-corrected chi connectivity index (χ0v) is 13.5. The predicted octanol–water partition coefficient (Wildman–Crippen LogP) is 4.48. The van der Waals surface area contributed by atoms with E-state index in [0.29, 0.717) is 16.8 Å². The third kappa shape index (κ3) is 3.11. The first-order valence-electron chi connectivity index (χ1n) is 7.17. The molecule has 5 heteroatoms. The van der Waals surface area contributed by atoms with Crippen molar-refractivity contribution in [2.45, 2.75) is 32.2 Å². The van der Waals surface area contributed by atoms with Gasteiger partial charge in [0.25, 0.3) is 5.91 Å². The molecule has 1 amide bonds. The minimum absolute atomic E-state index is 0.0543. The Bertz CT molecular complexity index is 638. The van der Waals surface area contributed by atoms with E-state index < -0.39 is 0 Å². The molecule has 0 radical (unpaired) electrons. The molecule has 0 saturated carbocycles. The fourth-order valence-electron chi connectivity index (χ4n) is 2.64. The minimum atomic E-state index is 0.0543. The number of hydrogen-bond donors (Lipinski definition) is 0. The largest absolute Gasteiger partial charge is 0.335 e. The molecule has 1 aromatic heterocycles. The fraction of sp³-hybridized carbons (Fsp3) is 0.375. The number of thiazole rings is 1. The first-order valence-corrected chi connectivity index (χ1v) is 8.43. The molecule has 1 atom stereocenters. The number of carbonyl (C=O) groups is 1. The van der Waals surface area contributed by atoms with Crippen molar-refractivity contribution in [3.05, 3.63) is 40.4 Å². The van der Waals surface area contributed by atoms with Crippen LogP contribution in [0.1, 0.15) is 36.7 Å². The molecule has 0 aliphatic carbocycles. The molecular weight excluding hydrogens is 304 g/mol. The third-order valence-corrected chi connectivity index (χ3v) is 5.02. The monoisotopic (exact) mass is 320 g/mol. The van der Waals surface area contributed by atoms with Gasteiger partial charge in [-0.05, 0) is 38.3 Å². The molecule has 1 aliphatic heterocycles. The Kier molecular flexibility index (Phi) is 4.27. The maximum absolute atomic E-state index is 12.6. The zero-order valence-electron chi connectivity index (χ0n) is 11.9. The molecule has 1 aliphatic rings. The maximum Gasteiger partial charge on any atom is 0.273 e. The summed E-state index contributed by atoms with van der Waals surface area (Å²) in [5.41, 5.74) is 1.55. The second-order valence-corrected chi connectivity index (χ2v) is 6.68. The molecule has 21 heavy (non-hydrogen) atoms. The SMILES string of the molecule is CC1CCCCN1C(=O)c1csc(-c2ccc(Cl)cc2)n1. The summed E-state index contributed by atoms with van der Waals surface area (Å²) in [6.45, 7) is 2.96. The average molecular weight is 321 g/mol. The first-order chi connectivity index (χ1) is 10.1. The summed E-state index contributed by atoms with van der Waals surface area (Å²) in [6, 6.07) is 7.85. The van der Waals surface area contributed by atoms with E-state index in [1.54, 1.807) is 0 Å². The summed E-state index contributed by atoms with van der Waals surface area (Å²) in [6.07, 6.45) is 3.38. The lowest BCUT2D eigenvalue weighted by Gasteiger charge is -2.32. The second kappa shape index (κ2) is 6.16. The molecule has 1 aromatic carbocycles. The molecule has 3 nitrogen and oxygen atoms in total. The lowest BCUT2D eigenvalue weighted by molar-refractivity contribution is 0.0630. The van der Waals surface area contributed by atoms with Crippen LogP contribution in [-0.2, 0) is 0 Å². The summed E-state index contributed by atoms with van der Waals surface area (Å²) >= 11 is 7.39. The molecule has 2 aromatic rings. The van der Waals surface area contributed by atoms with Crippen LogP contribution < -0.4 is 0 Å². The van der Waals surface area contributed by atoms with Crippen molar-refractivity contribution in [1.29, 1.82) is 0 Å². The van der Waals surface area contributed by atoms with Crippen LogP contribution in [0.5, 0.6) is 0 Å². The number of halogens is 1. The topological polar surface area (TPSA) is 33.2 Å². The van der Waals surface area contributed by atoms with Gasteiger partial charge in [-0.3, -0.25) is 4.79 Å². The number of aromatic nitrogens is 1. The number of benzene rings is 1. The molecule has 1 unspecified atom stereocenters. The van der Waals surface area contributed by atoms with Gasteiger partial charge in [-0.2, -0.15) is 0 Å². The summed E-state index contributed by atoms with van der Waals surface area (Å²) in [4.78, 5) is 19.0. The molecule has 1 fully saturated rings. The van der Waals surface area contributed by atoms with Crippen molar-refractivity contribution in [2.75, 3.05) is 6.54 Å². The van der Waals surface area contributed by atoms with Gasteiger partial charge in [-0.1, -0.05) is 23.7 Å². The fourth-order valence-corrected chi connectivity index (χ4v) is 3.57. The van der Waals surface area contributed by atoms with Gasteiger partial charge < -0.3 is 4.90 Å². The van der Waals surface area contributed by atoms with Gasteiger partial charge >= 0.3 is 0 Å². The van der Waals surface area contributed by atoms with E-state index >= 15 is 0 Å². The van der Waals surface area contributed by atoms with Crippen molar-refractivity contribution in [3.8, 4) is 10.6 Å². The molecule has 0 bridgehead atoms. The van der Waals surface area contributed by atoms with E-state index in [1.807, 2.05) is 34.5 Å². The quantitative estimate of drug-likeness (QED) is 0.817. The molecule has 110 valence electrons. The highest BCUT2D eigenvalue weighted by Crippen LogP contribution is 2.26. The van der Waals surface area contributed by atoms with Crippen molar-refractivity contribution in [3.63, 3.8) is 0 Å². The van der Waals surface area contributed by atoms with Crippen molar-refractivity contribution < 1.29 is 4.79 Å². The summed E-state index contributed by atoms with van der Waals surface area (Å²) < 4.78 is 0. The standard InChI is InChI=1S/C16H17ClN2OS/c1-11-4-2-3-9-19(11)16(20)14-10-21-15(18-14)12-5-7-13(17)8-6-12/h5-8,10-11H,2-4,9H2,1H3. The molecule has 2 heterocycles. The highest BCUT2D eigenvalue weighted by molar-refractivity contribution is 7.13. The third-order valence-electron chi connectivity index (χ3n) is 3.88. The van der Waals surface area contributed by atoms with E-state index in [1.165, 1.54) is 17.8 Å². The number of amides is 1. The molecule has 3 rings (SSSR count). The Morgan fingerprint density at radius 3 is 2.81 bits per heavy atom. The van der Waals surface area contributed by atoms with Crippen LogP contribution in [0.3, 0.4) is 0 Å². The molecule has 0 spiro atoms. The average Bonchev–Trinajstić information content (AvgIpc) is 2.98. The van der Waals surface area contributed by atoms with Crippen molar-refractivity contribution >= 4 is 28.8 Å². The smallest absolute Gasteiger partial charge is 0.273 e. The predicted molar refractivity (Wildman–Crippen MR) is 86.9 cm³/mol. The van der Waals surface area contributed by atoms with Crippen molar-refractivity contribution in [1.82, 2.24) is 9.88 Å². The van der Waals surface area contributed by atoms with Crippen molar-refractivity contribution in [2.24, 2.45) is 0 Å². The normalized spacial score (nSPS) is 18.8. The zero-order chi connectivity index (χ0) is 14.8. The maximum atomic E-state index is 12.6. The minimum Gasteiger partial charge on any atom is -0.335 e.